The van der Waals surface area contributed by atoms with E-state index in [4.69, 9.17) is 5.11 Å². The number of halogens is 1. The summed E-state index contributed by atoms with van der Waals surface area (Å²) in [6, 6.07) is 4.51. The van der Waals surface area contributed by atoms with Gasteiger partial charge in [0.25, 0.3) is 0 Å². The van der Waals surface area contributed by atoms with Crippen molar-refractivity contribution in [2.24, 2.45) is 0 Å². The molecule has 1 aromatic rings. The van der Waals surface area contributed by atoms with Crippen molar-refractivity contribution >= 4 is 40.3 Å². The lowest BCUT2D eigenvalue weighted by molar-refractivity contribution is 0.0698. The van der Waals surface area contributed by atoms with Crippen LogP contribution in [0.1, 0.15) is 23.2 Å². The van der Waals surface area contributed by atoms with Crippen LogP contribution >= 0.6 is 22.6 Å². The zero-order valence-electron chi connectivity index (χ0n) is 11.6. The van der Waals surface area contributed by atoms with E-state index in [1.807, 2.05) is 22.6 Å². The summed E-state index contributed by atoms with van der Waals surface area (Å²) in [6.45, 7) is 3.55. The van der Waals surface area contributed by atoms with Crippen LogP contribution in [0.2, 0.25) is 0 Å². The van der Waals surface area contributed by atoms with E-state index >= 15 is 0 Å². The van der Waals surface area contributed by atoms with E-state index in [2.05, 4.69) is 15.5 Å². The average molecular weight is 403 g/mol. The van der Waals surface area contributed by atoms with Gasteiger partial charge in [-0.25, -0.2) is 9.59 Å². The summed E-state index contributed by atoms with van der Waals surface area (Å²) in [4.78, 5) is 25.3. The van der Waals surface area contributed by atoms with Gasteiger partial charge in [0.15, 0.2) is 0 Å². The zero-order valence-corrected chi connectivity index (χ0v) is 13.7. The van der Waals surface area contributed by atoms with E-state index in [1.165, 1.54) is 18.9 Å². The zero-order chi connectivity index (χ0) is 15.2. The van der Waals surface area contributed by atoms with Gasteiger partial charge in [-0.15, -0.1) is 0 Å². The number of hydrogen-bond donors (Lipinski definition) is 3. The van der Waals surface area contributed by atoms with Gasteiger partial charge in [0.1, 0.15) is 0 Å². The second-order valence-corrected chi connectivity index (χ2v) is 6.17. The molecule has 0 aliphatic carbocycles. The molecule has 1 aromatic carbocycles. The lowest BCUT2D eigenvalue weighted by Gasteiger charge is -2.15. The Kier molecular flexibility index (Phi) is 5.80. The molecule has 6 nitrogen and oxygen atoms in total. The molecule has 0 atom stereocenters. The average Bonchev–Trinajstić information content (AvgIpc) is 2.94. The molecule has 7 heteroatoms. The van der Waals surface area contributed by atoms with Gasteiger partial charge in [0.2, 0.25) is 0 Å². The van der Waals surface area contributed by atoms with Gasteiger partial charge in [0, 0.05) is 16.7 Å². The largest absolute Gasteiger partial charge is 0.478 e. The first-order valence-corrected chi connectivity index (χ1v) is 7.94. The molecule has 21 heavy (non-hydrogen) atoms. The van der Waals surface area contributed by atoms with Gasteiger partial charge in [-0.3, -0.25) is 0 Å². The van der Waals surface area contributed by atoms with Crippen LogP contribution in [-0.2, 0) is 0 Å². The fourth-order valence-electron chi connectivity index (χ4n) is 2.30. The number of urea groups is 1. The van der Waals surface area contributed by atoms with Crippen LogP contribution in [-0.4, -0.2) is 48.2 Å². The first-order chi connectivity index (χ1) is 10.1. The Hall–Kier alpha value is -1.35. The molecule has 0 aromatic heterocycles. The molecular weight excluding hydrogens is 385 g/mol. The van der Waals surface area contributed by atoms with Crippen LogP contribution in [0.25, 0.3) is 0 Å². The number of hydrogen-bond acceptors (Lipinski definition) is 3. The van der Waals surface area contributed by atoms with Crippen molar-refractivity contribution in [2.45, 2.75) is 12.8 Å². The number of benzene rings is 1. The second-order valence-electron chi connectivity index (χ2n) is 4.92. The number of nitrogens with one attached hydrogen (secondary N) is 2. The third-order valence-corrected chi connectivity index (χ3v) is 4.04. The third kappa shape index (κ3) is 4.85. The third-order valence-electron chi connectivity index (χ3n) is 3.37. The smallest absolute Gasteiger partial charge is 0.337 e. The molecule has 1 saturated heterocycles. The summed E-state index contributed by atoms with van der Waals surface area (Å²) in [5.74, 6) is -1.05. The molecule has 1 heterocycles. The van der Waals surface area contributed by atoms with Gasteiger partial charge < -0.3 is 20.6 Å². The predicted molar refractivity (Wildman–Crippen MR) is 88.8 cm³/mol. The van der Waals surface area contributed by atoms with Gasteiger partial charge in [-0.2, -0.15) is 0 Å². The van der Waals surface area contributed by atoms with Crippen LogP contribution in [0.3, 0.4) is 0 Å². The topological polar surface area (TPSA) is 81.7 Å². The number of carbonyl (C=O) groups excluding carboxylic acids is 1. The first kappa shape index (κ1) is 16.0. The van der Waals surface area contributed by atoms with Crippen LogP contribution in [0, 0.1) is 3.57 Å². The maximum Gasteiger partial charge on any atom is 0.337 e. The number of rotatable bonds is 5. The molecule has 1 fully saturated rings. The Morgan fingerprint density at radius 2 is 2.00 bits per heavy atom. The highest BCUT2D eigenvalue weighted by atomic mass is 127. The number of carboxylic acid groups (broad SMARTS) is 1. The number of carbonyl (C=O) groups is 2. The number of aromatic carboxylic acids is 1. The van der Waals surface area contributed by atoms with Gasteiger partial charge in [0.05, 0.1) is 11.3 Å². The minimum Gasteiger partial charge on any atom is -0.478 e. The highest BCUT2D eigenvalue weighted by molar-refractivity contribution is 14.1. The summed E-state index contributed by atoms with van der Waals surface area (Å²) in [7, 11) is 0. The van der Waals surface area contributed by atoms with Crippen LogP contribution < -0.4 is 10.6 Å². The van der Waals surface area contributed by atoms with Crippen molar-refractivity contribution in [1.29, 1.82) is 0 Å². The Morgan fingerprint density at radius 1 is 1.29 bits per heavy atom. The molecular formula is C14H18IN3O3. The fourth-order valence-corrected chi connectivity index (χ4v) is 2.79. The molecule has 0 spiro atoms. The lowest BCUT2D eigenvalue weighted by atomic mass is 10.2. The Balaban J connectivity index is 1.85. The summed E-state index contributed by atoms with van der Waals surface area (Å²) in [5.41, 5.74) is 0.401. The Labute approximate surface area is 137 Å². The fraction of sp³-hybridized carbons (Fsp3) is 0.429. The summed E-state index contributed by atoms with van der Waals surface area (Å²) >= 11 is 2.04. The van der Waals surface area contributed by atoms with Crippen molar-refractivity contribution in [3.05, 3.63) is 27.3 Å². The monoisotopic (exact) mass is 403 g/mol. The van der Waals surface area contributed by atoms with Crippen molar-refractivity contribution in [1.82, 2.24) is 10.2 Å². The second kappa shape index (κ2) is 7.60. The quantitative estimate of drug-likeness (QED) is 0.659. The molecule has 0 bridgehead atoms. The van der Waals surface area contributed by atoms with E-state index in [1.54, 1.807) is 12.1 Å². The highest BCUT2D eigenvalue weighted by Gasteiger charge is 2.14. The van der Waals surface area contributed by atoms with Crippen LogP contribution in [0.15, 0.2) is 18.2 Å². The first-order valence-electron chi connectivity index (χ1n) is 6.86. The van der Waals surface area contributed by atoms with E-state index in [0.717, 1.165) is 23.2 Å². The highest BCUT2D eigenvalue weighted by Crippen LogP contribution is 2.18. The molecule has 0 saturated carbocycles. The van der Waals surface area contributed by atoms with E-state index in [9.17, 15) is 9.59 Å². The van der Waals surface area contributed by atoms with Crippen molar-refractivity contribution < 1.29 is 14.7 Å². The van der Waals surface area contributed by atoms with Crippen molar-refractivity contribution in [2.75, 3.05) is 31.5 Å². The van der Waals surface area contributed by atoms with E-state index < -0.39 is 5.97 Å². The normalized spacial score (nSPS) is 14.9. The minimum atomic E-state index is -1.05. The molecule has 0 unspecified atom stereocenters. The SMILES string of the molecule is O=C(NCCN1CCCC1)Nc1ccc(I)cc1C(=O)O. The van der Waals surface area contributed by atoms with Crippen molar-refractivity contribution in [3.63, 3.8) is 0 Å². The molecule has 114 valence electrons. The standard InChI is InChI=1S/C14H18IN3O3/c15-10-3-4-12(11(9-10)13(19)20)17-14(21)16-5-8-18-6-1-2-7-18/h3-4,9H,1-2,5-8H2,(H,19,20)(H2,16,17,21). The van der Waals surface area contributed by atoms with Crippen LogP contribution in [0.5, 0.6) is 0 Å². The van der Waals surface area contributed by atoms with Crippen molar-refractivity contribution in [3.8, 4) is 0 Å². The van der Waals surface area contributed by atoms with E-state index in [0.29, 0.717) is 12.2 Å². The number of amides is 2. The Morgan fingerprint density at radius 3 is 2.67 bits per heavy atom. The number of anilines is 1. The van der Waals surface area contributed by atoms with Gasteiger partial charge in [-0.1, -0.05) is 0 Å². The molecule has 3 N–H and O–H groups in total. The Bertz CT molecular complexity index is 530. The van der Waals surface area contributed by atoms with Gasteiger partial charge in [-0.05, 0) is 66.7 Å². The summed E-state index contributed by atoms with van der Waals surface area (Å²) < 4.78 is 0.810. The molecule has 2 amide bonds. The maximum atomic E-state index is 11.8. The van der Waals surface area contributed by atoms with E-state index in [-0.39, 0.29) is 11.6 Å². The molecule has 1 aliphatic rings. The number of nitrogens with zero attached hydrogens (tertiary/aromatic N) is 1. The number of carboxylic acids is 1. The summed E-state index contributed by atoms with van der Waals surface area (Å²) in [5, 5.41) is 14.5. The maximum absolute atomic E-state index is 11.8. The molecule has 2 rings (SSSR count). The predicted octanol–water partition coefficient (Wildman–Crippen LogP) is 2.21. The summed E-state index contributed by atoms with van der Waals surface area (Å²) in [6.07, 6.45) is 2.44. The van der Waals surface area contributed by atoms with Crippen LogP contribution in [0.4, 0.5) is 10.5 Å². The number of likely N-dealkylation sites (tertiary alicyclic amines) is 1. The molecule has 0 radical (unpaired) electrons. The molecule has 1 aliphatic heterocycles. The lowest BCUT2D eigenvalue weighted by Crippen LogP contribution is -2.36. The minimum absolute atomic E-state index is 0.0941. The van der Waals surface area contributed by atoms with Gasteiger partial charge >= 0.3 is 12.0 Å².